The summed E-state index contributed by atoms with van der Waals surface area (Å²) in [4.78, 5) is 2.51. The van der Waals surface area contributed by atoms with E-state index >= 15 is 0 Å². The van der Waals surface area contributed by atoms with Gasteiger partial charge in [0.25, 0.3) is 0 Å². The van der Waals surface area contributed by atoms with Gasteiger partial charge in [-0.15, -0.1) is 0 Å². The molecule has 0 aliphatic carbocycles. The Morgan fingerprint density at radius 1 is 1.24 bits per heavy atom. The van der Waals surface area contributed by atoms with Crippen LogP contribution in [0.25, 0.3) is 0 Å². The van der Waals surface area contributed by atoms with Crippen molar-refractivity contribution in [3.63, 3.8) is 0 Å². The quantitative estimate of drug-likeness (QED) is 0.839. The van der Waals surface area contributed by atoms with Gasteiger partial charge in [-0.25, -0.2) is 0 Å². The van der Waals surface area contributed by atoms with Crippen molar-refractivity contribution >= 4 is 0 Å². The molecule has 0 radical (unpaired) electrons. The molecule has 1 aromatic carbocycles. The van der Waals surface area contributed by atoms with Gasteiger partial charge in [0, 0.05) is 31.7 Å². The van der Waals surface area contributed by atoms with E-state index in [4.69, 9.17) is 5.26 Å². The van der Waals surface area contributed by atoms with E-state index in [9.17, 15) is 0 Å². The largest absolute Gasteiger partial charge is 0.314 e. The molecule has 17 heavy (non-hydrogen) atoms. The molecule has 2 atom stereocenters. The lowest BCUT2D eigenvalue weighted by atomic mass is 10.1. The summed E-state index contributed by atoms with van der Waals surface area (Å²) in [5, 5.41) is 12.2. The Morgan fingerprint density at radius 2 is 1.82 bits per heavy atom. The molecule has 2 rings (SSSR count). The molecule has 1 aliphatic heterocycles. The zero-order valence-corrected chi connectivity index (χ0v) is 10.5. The fourth-order valence-electron chi connectivity index (χ4n) is 2.38. The van der Waals surface area contributed by atoms with Gasteiger partial charge in [0.2, 0.25) is 0 Å². The number of nitrogens with one attached hydrogen (secondary N) is 1. The molecule has 1 aromatic rings. The van der Waals surface area contributed by atoms with E-state index in [2.05, 4.69) is 42.3 Å². The van der Waals surface area contributed by atoms with E-state index in [1.807, 2.05) is 12.1 Å². The van der Waals surface area contributed by atoms with Gasteiger partial charge in [0.1, 0.15) is 0 Å². The number of hydrogen-bond donors (Lipinski definition) is 1. The third kappa shape index (κ3) is 2.85. The van der Waals surface area contributed by atoms with Gasteiger partial charge in [-0.3, -0.25) is 4.90 Å². The van der Waals surface area contributed by atoms with Crippen LogP contribution in [0.3, 0.4) is 0 Å². The summed E-state index contributed by atoms with van der Waals surface area (Å²) in [7, 11) is 0. The number of piperazine rings is 1. The van der Waals surface area contributed by atoms with Crippen molar-refractivity contribution in [1.82, 2.24) is 10.2 Å². The van der Waals surface area contributed by atoms with Crippen LogP contribution in [0, 0.1) is 11.3 Å². The molecule has 0 aromatic heterocycles. The maximum Gasteiger partial charge on any atom is 0.0991 e. The molecule has 1 fully saturated rings. The van der Waals surface area contributed by atoms with Crippen LogP contribution in [0.1, 0.15) is 25.0 Å². The molecule has 1 N–H and O–H groups in total. The van der Waals surface area contributed by atoms with Crippen LogP contribution in [-0.2, 0) is 6.54 Å². The van der Waals surface area contributed by atoms with E-state index in [-0.39, 0.29) is 0 Å². The molecule has 3 heteroatoms. The fraction of sp³-hybridized carbons (Fsp3) is 0.500. The van der Waals surface area contributed by atoms with Crippen LogP contribution in [0.5, 0.6) is 0 Å². The molecule has 0 amide bonds. The van der Waals surface area contributed by atoms with Gasteiger partial charge in [-0.05, 0) is 31.5 Å². The first-order valence-corrected chi connectivity index (χ1v) is 6.16. The normalized spacial score (nSPS) is 25.5. The van der Waals surface area contributed by atoms with Crippen molar-refractivity contribution in [3.05, 3.63) is 35.4 Å². The van der Waals surface area contributed by atoms with Crippen molar-refractivity contribution in [2.24, 2.45) is 0 Å². The Bertz CT molecular complexity index is 394. The Balaban J connectivity index is 2.06. The maximum atomic E-state index is 8.77. The predicted octanol–water partition coefficient (Wildman–Crippen LogP) is 1.74. The molecule has 0 spiro atoms. The van der Waals surface area contributed by atoms with Crippen molar-refractivity contribution in [2.45, 2.75) is 32.5 Å². The summed E-state index contributed by atoms with van der Waals surface area (Å²) >= 11 is 0. The van der Waals surface area contributed by atoms with E-state index in [0.29, 0.717) is 12.1 Å². The third-order valence-electron chi connectivity index (χ3n) is 3.46. The fourth-order valence-corrected chi connectivity index (χ4v) is 2.38. The molecule has 90 valence electrons. The number of rotatable bonds is 2. The first kappa shape index (κ1) is 12.1. The van der Waals surface area contributed by atoms with Crippen LogP contribution in [-0.4, -0.2) is 30.1 Å². The zero-order chi connectivity index (χ0) is 12.3. The molecular weight excluding hydrogens is 210 g/mol. The minimum Gasteiger partial charge on any atom is -0.314 e. The second-order valence-corrected chi connectivity index (χ2v) is 4.84. The first-order chi connectivity index (χ1) is 8.20. The maximum absolute atomic E-state index is 8.77. The molecule has 1 saturated heterocycles. The van der Waals surface area contributed by atoms with Gasteiger partial charge in [0.15, 0.2) is 0 Å². The lowest BCUT2D eigenvalue weighted by Gasteiger charge is -2.39. The Kier molecular flexibility index (Phi) is 3.78. The standard InChI is InChI=1S/C14H19N3/c1-11-8-16-9-12(2)17(11)10-14-5-3-13(7-15)4-6-14/h3-6,11-12,16H,8-10H2,1-2H3. The number of hydrogen-bond acceptors (Lipinski definition) is 3. The molecular formula is C14H19N3. The van der Waals surface area contributed by atoms with Gasteiger partial charge in [0.05, 0.1) is 11.6 Å². The van der Waals surface area contributed by atoms with Crippen molar-refractivity contribution < 1.29 is 0 Å². The first-order valence-electron chi connectivity index (χ1n) is 6.16. The highest BCUT2D eigenvalue weighted by Crippen LogP contribution is 2.15. The number of nitriles is 1. The number of benzene rings is 1. The molecule has 3 nitrogen and oxygen atoms in total. The van der Waals surface area contributed by atoms with E-state index < -0.39 is 0 Å². The van der Waals surface area contributed by atoms with E-state index in [1.165, 1.54) is 5.56 Å². The Hall–Kier alpha value is -1.37. The number of nitrogens with zero attached hydrogens (tertiary/aromatic N) is 2. The summed E-state index contributed by atoms with van der Waals surface area (Å²) in [6, 6.07) is 11.2. The Labute approximate surface area is 103 Å². The topological polar surface area (TPSA) is 39.1 Å². The zero-order valence-electron chi connectivity index (χ0n) is 10.5. The lowest BCUT2D eigenvalue weighted by Crippen LogP contribution is -2.54. The summed E-state index contributed by atoms with van der Waals surface area (Å²) < 4.78 is 0. The molecule has 0 saturated carbocycles. The summed E-state index contributed by atoms with van der Waals surface area (Å²) in [6.07, 6.45) is 0. The van der Waals surface area contributed by atoms with Gasteiger partial charge in [-0.2, -0.15) is 5.26 Å². The summed E-state index contributed by atoms with van der Waals surface area (Å²) in [5.41, 5.74) is 2.01. The Morgan fingerprint density at radius 3 is 2.35 bits per heavy atom. The van der Waals surface area contributed by atoms with Gasteiger partial charge < -0.3 is 5.32 Å². The smallest absolute Gasteiger partial charge is 0.0991 e. The summed E-state index contributed by atoms with van der Waals surface area (Å²) in [5.74, 6) is 0. The minimum absolute atomic E-state index is 0.564. The summed E-state index contributed by atoms with van der Waals surface area (Å²) in [6.45, 7) is 7.59. The highest BCUT2D eigenvalue weighted by molar-refractivity contribution is 5.31. The minimum atomic E-state index is 0.564. The van der Waals surface area contributed by atoms with Crippen LogP contribution in [0.15, 0.2) is 24.3 Å². The lowest BCUT2D eigenvalue weighted by molar-refractivity contribution is 0.109. The van der Waals surface area contributed by atoms with Crippen LogP contribution < -0.4 is 5.32 Å². The van der Waals surface area contributed by atoms with Crippen LogP contribution in [0.2, 0.25) is 0 Å². The van der Waals surface area contributed by atoms with Crippen LogP contribution in [0.4, 0.5) is 0 Å². The molecule has 2 unspecified atom stereocenters. The van der Waals surface area contributed by atoms with Crippen molar-refractivity contribution in [1.29, 1.82) is 5.26 Å². The van der Waals surface area contributed by atoms with Gasteiger partial charge in [-0.1, -0.05) is 12.1 Å². The third-order valence-corrected chi connectivity index (χ3v) is 3.46. The van der Waals surface area contributed by atoms with Gasteiger partial charge >= 0.3 is 0 Å². The molecule has 0 bridgehead atoms. The highest BCUT2D eigenvalue weighted by Gasteiger charge is 2.23. The van der Waals surface area contributed by atoms with E-state index in [1.54, 1.807) is 0 Å². The average Bonchev–Trinajstić information content (AvgIpc) is 2.35. The highest BCUT2D eigenvalue weighted by atomic mass is 15.2. The second-order valence-electron chi connectivity index (χ2n) is 4.84. The molecule has 1 aliphatic rings. The molecule has 1 heterocycles. The van der Waals surface area contributed by atoms with Crippen LogP contribution >= 0.6 is 0 Å². The second kappa shape index (κ2) is 5.31. The SMILES string of the molecule is CC1CNCC(C)N1Cc1ccc(C#N)cc1. The van der Waals surface area contributed by atoms with Crippen molar-refractivity contribution in [3.8, 4) is 6.07 Å². The van der Waals surface area contributed by atoms with E-state index in [0.717, 1.165) is 25.2 Å². The monoisotopic (exact) mass is 229 g/mol. The van der Waals surface area contributed by atoms with Crippen molar-refractivity contribution in [2.75, 3.05) is 13.1 Å². The average molecular weight is 229 g/mol. The predicted molar refractivity (Wildman–Crippen MR) is 68.5 cm³/mol.